The van der Waals surface area contributed by atoms with Crippen LogP contribution >= 0.6 is 0 Å². The molecule has 0 unspecified atom stereocenters. The molecule has 9 heteroatoms. The van der Waals surface area contributed by atoms with Crippen molar-refractivity contribution in [1.82, 2.24) is 14.9 Å². The fourth-order valence-electron chi connectivity index (χ4n) is 3.80. The van der Waals surface area contributed by atoms with Crippen LogP contribution in [0.25, 0.3) is 0 Å². The molecular weight excluding hydrogens is 311 g/mol. The number of hydrogen-bond donors (Lipinski definition) is 1. The first-order valence-electron chi connectivity index (χ1n) is 7.47. The highest BCUT2D eigenvalue weighted by atomic mass is 19.4. The van der Waals surface area contributed by atoms with Crippen molar-refractivity contribution in [2.24, 2.45) is 21.7 Å². The van der Waals surface area contributed by atoms with Crippen LogP contribution in [0, 0.1) is 10.8 Å². The number of rotatable bonds is 1. The molecule has 1 fully saturated rings. The van der Waals surface area contributed by atoms with E-state index >= 15 is 0 Å². The molecule has 0 atom stereocenters. The maximum absolute atomic E-state index is 12.9. The van der Waals surface area contributed by atoms with Crippen LogP contribution in [0.2, 0.25) is 0 Å². The molecule has 1 saturated carbocycles. The number of hydrogen-bond acceptors (Lipinski definition) is 5. The van der Waals surface area contributed by atoms with Crippen molar-refractivity contribution in [1.29, 1.82) is 0 Å². The molecule has 0 amide bonds. The molecule has 0 bridgehead atoms. The Morgan fingerprint density at radius 1 is 1.13 bits per heavy atom. The van der Waals surface area contributed by atoms with Crippen molar-refractivity contribution >= 4 is 5.90 Å². The minimum atomic E-state index is -4.60. The van der Waals surface area contributed by atoms with Crippen LogP contribution in [0.15, 0.2) is 5.10 Å². The Balaban J connectivity index is 1.88. The third-order valence-corrected chi connectivity index (χ3v) is 4.94. The van der Waals surface area contributed by atoms with Crippen molar-refractivity contribution in [2.75, 3.05) is 0 Å². The lowest BCUT2D eigenvalue weighted by Crippen LogP contribution is -2.72. The van der Waals surface area contributed by atoms with E-state index in [9.17, 15) is 13.2 Å². The molecule has 23 heavy (non-hydrogen) atoms. The Kier molecular flexibility index (Phi) is 3.30. The summed E-state index contributed by atoms with van der Waals surface area (Å²) in [6, 6.07) is -0.0552. The summed E-state index contributed by atoms with van der Waals surface area (Å²) in [7, 11) is 0. The predicted octanol–water partition coefficient (Wildman–Crippen LogP) is 2.18. The topological polar surface area (TPSA) is 78.3 Å². The summed E-state index contributed by atoms with van der Waals surface area (Å²) in [4.78, 5) is 0. The average Bonchev–Trinajstić information content (AvgIpc) is 2.86. The molecule has 0 aromatic carbocycles. The zero-order valence-electron chi connectivity index (χ0n) is 13.5. The third-order valence-electron chi connectivity index (χ3n) is 4.94. The smallest absolute Gasteiger partial charge is 0.453 e. The molecule has 2 aliphatic rings. The second-order valence-corrected chi connectivity index (χ2v) is 7.36. The number of nitrogens with two attached hydrogens (primary N) is 1. The first-order valence-corrected chi connectivity index (χ1v) is 7.47. The van der Waals surface area contributed by atoms with Gasteiger partial charge in [0, 0.05) is 29.7 Å². The lowest BCUT2D eigenvalue weighted by Gasteiger charge is -2.61. The van der Waals surface area contributed by atoms with Crippen LogP contribution in [-0.4, -0.2) is 32.9 Å². The monoisotopic (exact) mass is 331 g/mol. The molecule has 2 heterocycles. The van der Waals surface area contributed by atoms with Crippen LogP contribution in [0.3, 0.4) is 0 Å². The van der Waals surface area contributed by atoms with Crippen molar-refractivity contribution in [3.8, 4) is 0 Å². The Hall–Kier alpha value is -1.64. The van der Waals surface area contributed by atoms with Gasteiger partial charge in [0.2, 0.25) is 5.90 Å². The Labute approximate surface area is 131 Å². The van der Waals surface area contributed by atoms with Gasteiger partial charge in [-0.1, -0.05) is 27.7 Å². The summed E-state index contributed by atoms with van der Waals surface area (Å²) >= 11 is 0. The number of fused-ring (bicyclic) bond motifs is 1. The fourth-order valence-corrected chi connectivity index (χ4v) is 3.80. The van der Waals surface area contributed by atoms with Crippen LogP contribution in [0.5, 0.6) is 0 Å². The largest absolute Gasteiger partial charge is 0.475 e. The highest BCUT2D eigenvalue weighted by Gasteiger charge is 2.62. The van der Waals surface area contributed by atoms with E-state index in [2.05, 4.69) is 15.3 Å². The quantitative estimate of drug-likeness (QED) is 0.855. The Morgan fingerprint density at radius 3 is 2.30 bits per heavy atom. The van der Waals surface area contributed by atoms with E-state index in [-0.39, 0.29) is 34.7 Å². The van der Waals surface area contributed by atoms with Gasteiger partial charge in [0.25, 0.3) is 5.82 Å². The molecule has 1 aromatic heterocycles. The van der Waals surface area contributed by atoms with Gasteiger partial charge in [-0.05, 0) is 0 Å². The van der Waals surface area contributed by atoms with Gasteiger partial charge < -0.3 is 10.5 Å². The minimum absolute atomic E-state index is 0.0552. The van der Waals surface area contributed by atoms with E-state index in [0.717, 1.165) is 4.68 Å². The second kappa shape index (κ2) is 4.68. The molecule has 1 aliphatic carbocycles. The van der Waals surface area contributed by atoms with Gasteiger partial charge in [0.15, 0.2) is 5.82 Å². The number of ether oxygens (including phenoxy) is 1. The SMILES string of the molecule is CC1(C)C(N)C(C)(C)C1OC1=Nn2c(nnc2C(F)(F)F)CC1. The summed E-state index contributed by atoms with van der Waals surface area (Å²) in [5, 5.41) is 10.7. The van der Waals surface area contributed by atoms with Crippen LogP contribution in [0.1, 0.15) is 45.8 Å². The summed E-state index contributed by atoms with van der Waals surface area (Å²) in [6.07, 6.45) is -4.11. The zero-order valence-corrected chi connectivity index (χ0v) is 13.5. The van der Waals surface area contributed by atoms with Crippen LogP contribution in [-0.2, 0) is 17.3 Å². The number of alkyl halides is 3. The lowest BCUT2D eigenvalue weighted by atomic mass is 9.50. The minimum Gasteiger partial charge on any atom is -0.475 e. The van der Waals surface area contributed by atoms with Gasteiger partial charge in [-0.25, -0.2) is 0 Å². The Morgan fingerprint density at radius 2 is 1.74 bits per heavy atom. The van der Waals surface area contributed by atoms with Crippen molar-refractivity contribution in [3.05, 3.63) is 11.6 Å². The lowest BCUT2D eigenvalue weighted by molar-refractivity contribution is -0.163. The molecule has 1 aliphatic heterocycles. The van der Waals surface area contributed by atoms with Gasteiger partial charge in [0.1, 0.15) is 6.10 Å². The average molecular weight is 331 g/mol. The number of aryl methyl sites for hydroxylation is 1. The van der Waals surface area contributed by atoms with Crippen molar-refractivity contribution in [3.63, 3.8) is 0 Å². The van der Waals surface area contributed by atoms with Crippen molar-refractivity contribution < 1.29 is 17.9 Å². The van der Waals surface area contributed by atoms with E-state index < -0.39 is 12.0 Å². The summed E-state index contributed by atoms with van der Waals surface area (Å²) < 4.78 is 45.5. The fraction of sp³-hybridized carbons (Fsp3) is 0.786. The highest BCUT2D eigenvalue weighted by Crippen LogP contribution is 2.54. The van der Waals surface area contributed by atoms with E-state index in [1.165, 1.54) is 0 Å². The van der Waals surface area contributed by atoms with Crippen LogP contribution in [0.4, 0.5) is 13.2 Å². The first-order chi connectivity index (χ1) is 10.5. The van der Waals surface area contributed by atoms with Crippen molar-refractivity contribution in [2.45, 2.75) is 58.9 Å². The molecule has 0 saturated heterocycles. The first kappa shape index (κ1) is 16.2. The third kappa shape index (κ3) is 2.32. The van der Waals surface area contributed by atoms with Gasteiger partial charge in [-0.15, -0.1) is 15.3 Å². The van der Waals surface area contributed by atoms with Gasteiger partial charge in [0.05, 0.1) is 0 Å². The molecule has 3 rings (SSSR count). The predicted molar refractivity (Wildman–Crippen MR) is 76.6 cm³/mol. The zero-order chi connectivity index (χ0) is 17.2. The highest BCUT2D eigenvalue weighted by molar-refractivity contribution is 5.77. The van der Waals surface area contributed by atoms with E-state index in [4.69, 9.17) is 10.5 Å². The molecular formula is C14H20F3N5O. The second-order valence-electron chi connectivity index (χ2n) is 7.36. The summed E-state index contributed by atoms with van der Waals surface area (Å²) in [5.74, 6) is -0.675. The molecule has 1 aromatic rings. The normalized spacial score (nSPS) is 28.6. The molecule has 6 nitrogen and oxygen atoms in total. The Bertz CT molecular complexity index is 646. The number of nitrogens with zero attached hydrogens (tertiary/aromatic N) is 4. The number of halogens is 3. The van der Waals surface area contributed by atoms with E-state index in [1.807, 2.05) is 27.7 Å². The summed E-state index contributed by atoms with van der Waals surface area (Å²) in [5.41, 5.74) is 5.63. The van der Waals surface area contributed by atoms with Crippen LogP contribution < -0.4 is 5.73 Å². The molecule has 0 radical (unpaired) electrons. The number of aromatic nitrogens is 3. The van der Waals surface area contributed by atoms with Gasteiger partial charge in [-0.2, -0.15) is 17.8 Å². The van der Waals surface area contributed by atoms with Gasteiger partial charge in [-0.3, -0.25) is 0 Å². The molecule has 128 valence electrons. The maximum atomic E-state index is 12.9. The molecule has 0 spiro atoms. The standard InChI is InChI=1S/C14H20F3N5O/c1-12(2)9(18)13(3,4)10(12)23-8-6-5-7-19-20-11(14(15,16)17)22(7)21-8/h9-10H,5-6,18H2,1-4H3. The summed E-state index contributed by atoms with van der Waals surface area (Å²) in [6.45, 7) is 7.95. The maximum Gasteiger partial charge on any atom is 0.453 e. The van der Waals surface area contributed by atoms with E-state index in [1.54, 1.807) is 0 Å². The molecule has 2 N–H and O–H groups in total. The van der Waals surface area contributed by atoms with Gasteiger partial charge >= 0.3 is 6.18 Å². The van der Waals surface area contributed by atoms with E-state index in [0.29, 0.717) is 12.8 Å².